The number of ether oxygens (including phenoxy) is 2. The van der Waals surface area contributed by atoms with Crippen LogP contribution >= 0.6 is 0 Å². The molecular weight excluding hydrogens is 212 g/mol. The first-order valence-corrected chi connectivity index (χ1v) is 6.01. The van der Waals surface area contributed by atoms with Crippen molar-refractivity contribution in [2.24, 2.45) is 5.41 Å². The van der Waals surface area contributed by atoms with E-state index in [0.717, 1.165) is 0 Å². The molecule has 0 aliphatic carbocycles. The van der Waals surface area contributed by atoms with Crippen LogP contribution in [0.1, 0.15) is 26.3 Å². The van der Waals surface area contributed by atoms with Crippen molar-refractivity contribution in [1.29, 1.82) is 0 Å². The Bertz CT molecular complexity index is 319. The summed E-state index contributed by atoms with van der Waals surface area (Å²) in [4.78, 5) is 0. The quantitative estimate of drug-likeness (QED) is 0.781. The summed E-state index contributed by atoms with van der Waals surface area (Å²) in [5.41, 5.74) is 1.23. The largest absolute Gasteiger partial charge is 0.384 e. The van der Waals surface area contributed by atoms with Gasteiger partial charge in [0, 0.05) is 19.6 Å². The summed E-state index contributed by atoms with van der Waals surface area (Å²) in [6.45, 7) is 8.02. The molecule has 0 amide bonds. The van der Waals surface area contributed by atoms with Crippen LogP contribution in [0.4, 0.5) is 0 Å². The van der Waals surface area contributed by atoms with Gasteiger partial charge in [-0.05, 0) is 11.0 Å². The van der Waals surface area contributed by atoms with Crippen LogP contribution < -0.4 is 0 Å². The Hall–Kier alpha value is -0.860. The van der Waals surface area contributed by atoms with E-state index in [2.05, 4.69) is 45.0 Å². The Labute approximate surface area is 105 Å². The van der Waals surface area contributed by atoms with Gasteiger partial charge in [-0.3, -0.25) is 0 Å². The van der Waals surface area contributed by atoms with Gasteiger partial charge in [-0.25, -0.2) is 0 Å². The lowest BCUT2D eigenvalue weighted by atomic mass is 9.63. The molecule has 17 heavy (non-hydrogen) atoms. The van der Waals surface area contributed by atoms with Crippen molar-refractivity contribution in [1.82, 2.24) is 0 Å². The second-order valence-corrected chi connectivity index (χ2v) is 5.56. The van der Waals surface area contributed by atoms with E-state index in [0.29, 0.717) is 13.2 Å². The average Bonchev–Trinajstić information content (AvgIpc) is 2.28. The van der Waals surface area contributed by atoms with Gasteiger partial charge in [-0.1, -0.05) is 51.1 Å². The van der Waals surface area contributed by atoms with Gasteiger partial charge in [0.05, 0.1) is 13.2 Å². The summed E-state index contributed by atoms with van der Waals surface area (Å²) in [5, 5.41) is 0. The van der Waals surface area contributed by atoms with Crippen LogP contribution in [-0.2, 0) is 14.9 Å². The normalized spacial score (nSPS) is 12.8. The molecule has 96 valence electrons. The molecule has 0 aliphatic rings. The Morgan fingerprint density at radius 3 is 1.71 bits per heavy atom. The first-order valence-electron chi connectivity index (χ1n) is 6.01. The maximum Gasteiger partial charge on any atom is 0.0586 e. The fourth-order valence-corrected chi connectivity index (χ4v) is 2.32. The molecule has 0 radical (unpaired) electrons. The molecular formula is C15H24O2. The van der Waals surface area contributed by atoms with E-state index in [1.807, 2.05) is 6.07 Å². The number of hydrogen-bond acceptors (Lipinski definition) is 2. The zero-order valence-electron chi connectivity index (χ0n) is 11.6. The standard InChI is InChI=1S/C15H24O2/c1-14(2,3)15(11-16-4,12-17-5)13-9-7-6-8-10-13/h6-10H,11-12H2,1-5H3. The van der Waals surface area contributed by atoms with E-state index in [1.165, 1.54) is 5.56 Å². The van der Waals surface area contributed by atoms with Crippen LogP contribution in [0.5, 0.6) is 0 Å². The van der Waals surface area contributed by atoms with E-state index in [4.69, 9.17) is 9.47 Å². The summed E-state index contributed by atoms with van der Waals surface area (Å²) in [7, 11) is 3.50. The molecule has 1 aromatic carbocycles. The zero-order valence-corrected chi connectivity index (χ0v) is 11.6. The summed E-state index contributed by atoms with van der Waals surface area (Å²) in [5.74, 6) is 0. The molecule has 0 unspecified atom stereocenters. The number of benzene rings is 1. The van der Waals surface area contributed by atoms with E-state index in [9.17, 15) is 0 Å². The number of rotatable bonds is 5. The second kappa shape index (κ2) is 5.65. The van der Waals surface area contributed by atoms with Crippen molar-refractivity contribution in [2.45, 2.75) is 26.2 Å². The van der Waals surface area contributed by atoms with E-state index >= 15 is 0 Å². The minimum absolute atomic E-state index is 0.0698. The predicted octanol–water partition coefficient (Wildman–Crippen LogP) is 3.26. The van der Waals surface area contributed by atoms with Gasteiger partial charge in [-0.2, -0.15) is 0 Å². The van der Waals surface area contributed by atoms with Crippen molar-refractivity contribution in [3.63, 3.8) is 0 Å². The lowest BCUT2D eigenvalue weighted by Gasteiger charge is -2.44. The average molecular weight is 236 g/mol. The lowest BCUT2D eigenvalue weighted by molar-refractivity contribution is -0.00268. The predicted molar refractivity (Wildman–Crippen MR) is 71.3 cm³/mol. The van der Waals surface area contributed by atoms with E-state index < -0.39 is 0 Å². The highest BCUT2D eigenvalue weighted by molar-refractivity contribution is 5.28. The summed E-state index contributed by atoms with van der Waals surface area (Å²) >= 11 is 0. The van der Waals surface area contributed by atoms with Crippen LogP contribution in [0, 0.1) is 5.41 Å². The second-order valence-electron chi connectivity index (χ2n) is 5.56. The Morgan fingerprint density at radius 1 is 0.882 bits per heavy atom. The highest BCUT2D eigenvalue weighted by atomic mass is 16.5. The number of hydrogen-bond donors (Lipinski definition) is 0. The third-order valence-corrected chi connectivity index (χ3v) is 3.54. The van der Waals surface area contributed by atoms with E-state index in [1.54, 1.807) is 14.2 Å². The molecule has 0 heterocycles. The molecule has 0 bridgehead atoms. The topological polar surface area (TPSA) is 18.5 Å². The molecule has 2 nitrogen and oxygen atoms in total. The van der Waals surface area contributed by atoms with Crippen molar-refractivity contribution < 1.29 is 9.47 Å². The highest BCUT2D eigenvalue weighted by Gasteiger charge is 2.43. The molecule has 2 heteroatoms. The molecule has 1 rings (SSSR count). The molecule has 0 aromatic heterocycles. The molecule has 0 atom stereocenters. The Morgan fingerprint density at radius 2 is 1.35 bits per heavy atom. The van der Waals surface area contributed by atoms with Crippen LogP contribution in [0.15, 0.2) is 30.3 Å². The minimum atomic E-state index is -0.113. The van der Waals surface area contributed by atoms with Crippen molar-refractivity contribution in [2.75, 3.05) is 27.4 Å². The van der Waals surface area contributed by atoms with Crippen molar-refractivity contribution in [3.05, 3.63) is 35.9 Å². The van der Waals surface area contributed by atoms with Crippen molar-refractivity contribution in [3.8, 4) is 0 Å². The van der Waals surface area contributed by atoms with Crippen LogP contribution in [0.3, 0.4) is 0 Å². The molecule has 0 N–H and O–H groups in total. The highest BCUT2D eigenvalue weighted by Crippen LogP contribution is 2.42. The maximum absolute atomic E-state index is 5.46. The molecule has 0 saturated heterocycles. The molecule has 0 aliphatic heterocycles. The van der Waals surface area contributed by atoms with Gasteiger partial charge in [0.15, 0.2) is 0 Å². The van der Waals surface area contributed by atoms with Gasteiger partial charge >= 0.3 is 0 Å². The third-order valence-electron chi connectivity index (χ3n) is 3.54. The molecule has 0 fully saturated rings. The summed E-state index contributed by atoms with van der Waals surface area (Å²) in [6.07, 6.45) is 0. The molecule has 1 aromatic rings. The first-order chi connectivity index (χ1) is 7.98. The van der Waals surface area contributed by atoms with Gasteiger partial charge in [0.25, 0.3) is 0 Å². The fraction of sp³-hybridized carbons (Fsp3) is 0.600. The third kappa shape index (κ3) is 2.88. The first kappa shape index (κ1) is 14.2. The van der Waals surface area contributed by atoms with Gasteiger partial charge in [-0.15, -0.1) is 0 Å². The van der Waals surface area contributed by atoms with Crippen LogP contribution in [0.2, 0.25) is 0 Å². The summed E-state index contributed by atoms with van der Waals surface area (Å²) in [6, 6.07) is 10.5. The Balaban J connectivity index is 3.25. The van der Waals surface area contributed by atoms with Gasteiger partial charge in [0.2, 0.25) is 0 Å². The monoisotopic (exact) mass is 236 g/mol. The molecule has 0 spiro atoms. The van der Waals surface area contributed by atoms with Crippen LogP contribution in [-0.4, -0.2) is 27.4 Å². The fourth-order valence-electron chi connectivity index (χ4n) is 2.32. The minimum Gasteiger partial charge on any atom is -0.384 e. The van der Waals surface area contributed by atoms with E-state index in [-0.39, 0.29) is 10.8 Å². The molecule has 0 saturated carbocycles. The van der Waals surface area contributed by atoms with Gasteiger partial charge in [0.1, 0.15) is 0 Å². The maximum atomic E-state index is 5.46. The lowest BCUT2D eigenvalue weighted by Crippen LogP contribution is -2.47. The number of methoxy groups -OCH3 is 2. The van der Waals surface area contributed by atoms with Crippen LogP contribution in [0.25, 0.3) is 0 Å². The van der Waals surface area contributed by atoms with Gasteiger partial charge < -0.3 is 9.47 Å². The Kier molecular flexibility index (Phi) is 4.72. The van der Waals surface area contributed by atoms with Crippen molar-refractivity contribution >= 4 is 0 Å². The summed E-state index contributed by atoms with van der Waals surface area (Å²) < 4.78 is 10.9. The smallest absolute Gasteiger partial charge is 0.0586 e. The SMILES string of the molecule is COCC(COC)(c1ccccc1)C(C)(C)C. The zero-order chi connectivity index (χ0) is 12.9.